The molecule has 0 spiro atoms. The summed E-state index contributed by atoms with van der Waals surface area (Å²) in [5.41, 5.74) is 8.46. The number of amides is 1. The van der Waals surface area contributed by atoms with Crippen LogP contribution < -0.4 is 15.8 Å². The van der Waals surface area contributed by atoms with Crippen LogP contribution in [-0.2, 0) is 11.2 Å². The standard InChI is InChI=1S/C18H25N3O3.C2H6/c1-5-12-7-13(17-9-20-10-24-17)16(23-4)8-15(12)21-18(22)14(19)6-11(2)3;1-2/h7-11,14H,5-6,19H2,1-4H3,(H,21,22);1-2H3. The maximum atomic E-state index is 12.3. The fraction of sp³-hybridized carbons (Fsp3) is 0.500. The molecule has 0 saturated heterocycles. The molecule has 1 amide bonds. The number of oxazole rings is 1. The van der Waals surface area contributed by atoms with Gasteiger partial charge in [0.05, 0.1) is 24.9 Å². The molecule has 0 radical (unpaired) electrons. The van der Waals surface area contributed by atoms with Crippen LogP contribution in [0.1, 0.15) is 46.6 Å². The second-order valence-corrected chi connectivity index (χ2v) is 6.15. The van der Waals surface area contributed by atoms with Gasteiger partial charge in [-0.2, -0.15) is 0 Å². The van der Waals surface area contributed by atoms with Gasteiger partial charge in [-0.1, -0.05) is 34.6 Å². The molecule has 0 bridgehead atoms. The van der Waals surface area contributed by atoms with Crippen LogP contribution in [0.15, 0.2) is 29.1 Å². The average molecular weight is 361 g/mol. The minimum Gasteiger partial charge on any atom is -0.496 e. The smallest absolute Gasteiger partial charge is 0.241 e. The highest BCUT2D eigenvalue weighted by Gasteiger charge is 2.19. The molecular weight excluding hydrogens is 330 g/mol. The van der Waals surface area contributed by atoms with E-state index in [9.17, 15) is 4.79 Å². The number of carbonyl (C=O) groups is 1. The number of hydrogen-bond donors (Lipinski definition) is 2. The van der Waals surface area contributed by atoms with E-state index in [1.54, 1.807) is 19.4 Å². The summed E-state index contributed by atoms with van der Waals surface area (Å²) in [6, 6.07) is 3.22. The van der Waals surface area contributed by atoms with Gasteiger partial charge in [-0.3, -0.25) is 4.79 Å². The number of hydrogen-bond acceptors (Lipinski definition) is 5. The molecule has 0 aliphatic rings. The Bertz CT molecular complexity index is 682. The Morgan fingerprint density at radius 3 is 2.54 bits per heavy atom. The fourth-order valence-electron chi connectivity index (χ4n) is 2.58. The molecular formula is C20H31N3O3. The summed E-state index contributed by atoms with van der Waals surface area (Å²) in [6.45, 7) is 10.1. The molecule has 1 unspecified atom stereocenters. The molecule has 0 saturated carbocycles. The summed E-state index contributed by atoms with van der Waals surface area (Å²) in [5.74, 6) is 1.40. The SMILES string of the molecule is CC.CCc1cc(-c2cnco2)c(OC)cc1NC(=O)C(N)CC(C)C. The molecule has 1 aromatic heterocycles. The Balaban J connectivity index is 0.00000163. The zero-order valence-corrected chi connectivity index (χ0v) is 16.6. The fourth-order valence-corrected chi connectivity index (χ4v) is 2.58. The van der Waals surface area contributed by atoms with Crippen LogP contribution in [0, 0.1) is 5.92 Å². The average Bonchev–Trinajstić information content (AvgIpc) is 3.16. The van der Waals surface area contributed by atoms with E-state index in [0.29, 0.717) is 29.5 Å². The van der Waals surface area contributed by atoms with E-state index >= 15 is 0 Å². The summed E-state index contributed by atoms with van der Waals surface area (Å²) < 4.78 is 10.8. The lowest BCUT2D eigenvalue weighted by Gasteiger charge is -2.18. The molecule has 6 heteroatoms. The van der Waals surface area contributed by atoms with Crippen molar-refractivity contribution in [3.05, 3.63) is 30.3 Å². The van der Waals surface area contributed by atoms with Crippen LogP contribution in [0.3, 0.4) is 0 Å². The van der Waals surface area contributed by atoms with Gasteiger partial charge < -0.3 is 20.2 Å². The summed E-state index contributed by atoms with van der Waals surface area (Å²) in [4.78, 5) is 16.3. The van der Waals surface area contributed by atoms with Gasteiger partial charge in [-0.25, -0.2) is 4.98 Å². The Labute approximate surface area is 156 Å². The van der Waals surface area contributed by atoms with E-state index in [1.165, 1.54) is 6.39 Å². The number of carbonyl (C=O) groups excluding carboxylic acids is 1. The van der Waals surface area contributed by atoms with Crippen LogP contribution in [0.4, 0.5) is 5.69 Å². The van der Waals surface area contributed by atoms with E-state index in [4.69, 9.17) is 14.9 Å². The van der Waals surface area contributed by atoms with Crippen LogP contribution in [0.5, 0.6) is 5.75 Å². The van der Waals surface area contributed by atoms with E-state index in [2.05, 4.69) is 10.3 Å². The number of aromatic nitrogens is 1. The van der Waals surface area contributed by atoms with Gasteiger partial charge in [-0.05, 0) is 30.4 Å². The van der Waals surface area contributed by atoms with Crippen LogP contribution in [0.25, 0.3) is 11.3 Å². The number of ether oxygens (including phenoxy) is 1. The summed E-state index contributed by atoms with van der Waals surface area (Å²) >= 11 is 0. The normalized spacial score (nSPS) is 11.5. The van der Waals surface area contributed by atoms with Crippen molar-refractivity contribution in [2.45, 2.75) is 53.5 Å². The zero-order chi connectivity index (χ0) is 19.7. The highest BCUT2D eigenvalue weighted by molar-refractivity contribution is 5.96. The molecule has 0 aliphatic carbocycles. The molecule has 2 aromatic rings. The van der Waals surface area contributed by atoms with Crippen molar-refractivity contribution in [1.82, 2.24) is 4.98 Å². The van der Waals surface area contributed by atoms with E-state index in [-0.39, 0.29) is 5.91 Å². The molecule has 2 rings (SSSR count). The number of aryl methyl sites for hydroxylation is 1. The maximum absolute atomic E-state index is 12.3. The lowest BCUT2D eigenvalue weighted by atomic mass is 10.0. The Morgan fingerprint density at radius 1 is 1.35 bits per heavy atom. The first-order valence-electron chi connectivity index (χ1n) is 9.12. The predicted octanol–water partition coefficient (Wildman–Crippen LogP) is 4.25. The Kier molecular flexibility index (Phi) is 8.85. The molecule has 26 heavy (non-hydrogen) atoms. The van der Waals surface area contributed by atoms with Gasteiger partial charge in [-0.15, -0.1) is 0 Å². The molecule has 1 heterocycles. The third-order valence-electron chi connectivity index (χ3n) is 3.82. The summed E-state index contributed by atoms with van der Waals surface area (Å²) in [6.07, 6.45) is 4.40. The van der Waals surface area contributed by atoms with Gasteiger partial charge in [0.15, 0.2) is 12.2 Å². The molecule has 6 nitrogen and oxygen atoms in total. The van der Waals surface area contributed by atoms with Gasteiger partial charge in [0, 0.05) is 11.8 Å². The van der Waals surface area contributed by atoms with Crippen molar-refractivity contribution >= 4 is 11.6 Å². The summed E-state index contributed by atoms with van der Waals surface area (Å²) in [7, 11) is 1.58. The van der Waals surface area contributed by atoms with Gasteiger partial charge >= 0.3 is 0 Å². The van der Waals surface area contributed by atoms with Gasteiger partial charge in [0.1, 0.15) is 5.75 Å². The van der Waals surface area contributed by atoms with E-state index in [0.717, 1.165) is 17.5 Å². The first kappa shape index (κ1) is 21.7. The van der Waals surface area contributed by atoms with Crippen molar-refractivity contribution in [1.29, 1.82) is 0 Å². The van der Waals surface area contributed by atoms with Gasteiger partial charge in [0.25, 0.3) is 0 Å². The number of rotatable bonds is 7. The second kappa shape index (κ2) is 10.6. The van der Waals surface area contributed by atoms with E-state index in [1.807, 2.05) is 40.7 Å². The lowest BCUT2D eigenvalue weighted by molar-refractivity contribution is -0.117. The lowest BCUT2D eigenvalue weighted by Crippen LogP contribution is -2.36. The van der Waals surface area contributed by atoms with Crippen LogP contribution in [0.2, 0.25) is 0 Å². The van der Waals surface area contributed by atoms with Crippen LogP contribution >= 0.6 is 0 Å². The molecule has 1 atom stereocenters. The maximum Gasteiger partial charge on any atom is 0.241 e. The molecule has 0 fully saturated rings. The van der Waals surface area contributed by atoms with Crippen molar-refractivity contribution in [2.24, 2.45) is 11.7 Å². The monoisotopic (exact) mass is 361 g/mol. The third-order valence-corrected chi connectivity index (χ3v) is 3.82. The zero-order valence-electron chi connectivity index (χ0n) is 16.6. The number of benzene rings is 1. The highest BCUT2D eigenvalue weighted by atomic mass is 16.5. The van der Waals surface area contributed by atoms with Crippen molar-refractivity contribution in [3.8, 4) is 17.1 Å². The molecule has 1 aromatic carbocycles. The minimum atomic E-state index is -0.533. The first-order chi connectivity index (χ1) is 12.5. The molecule has 3 N–H and O–H groups in total. The minimum absolute atomic E-state index is 0.187. The molecule has 0 aliphatic heterocycles. The summed E-state index contributed by atoms with van der Waals surface area (Å²) in [5, 5.41) is 2.92. The van der Waals surface area contributed by atoms with Crippen molar-refractivity contribution in [3.63, 3.8) is 0 Å². The van der Waals surface area contributed by atoms with E-state index < -0.39 is 6.04 Å². The van der Waals surface area contributed by atoms with Crippen molar-refractivity contribution < 1.29 is 13.9 Å². The Morgan fingerprint density at radius 2 is 2.04 bits per heavy atom. The number of nitrogens with two attached hydrogens (primary N) is 1. The first-order valence-corrected chi connectivity index (χ1v) is 9.12. The number of nitrogens with one attached hydrogen (secondary N) is 1. The third kappa shape index (κ3) is 5.59. The highest BCUT2D eigenvalue weighted by Crippen LogP contribution is 2.35. The quantitative estimate of drug-likeness (QED) is 0.769. The molecule has 144 valence electrons. The van der Waals surface area contributed by atoms with Crippen LogP contribution in [-0.4, -0.2) is 24.0 Å². The van der Waals surface area contributed by atoms with Gasteiger partial charge in [0.2, 0.25) is 5.91 Å². The second-order valence-electron chi connectivity index (χ2n) is 6.15. The van der Waals surface area contributed by atoms with Crippen molar-refractivity contribution in [2.75, 3.05) is 12.4 Å². The number of anilines is 1. The number of nitrogens with zero attached hydrogens (tertiary/aromatic N) is 1. The number of methoxy groups -OCH3 is 1. The topological polar surface area (TPSA) is 90.4 Å². The largest absolute Gasteiger partial charge is 0.496 e. The predicted molar refractivity (Wildman–Crippen MR) is 105 cm³/mol. The Hall–Kier alpha value is -2.34.